The lowest BCUT2D eigenvalue weighted by Gasteiger charge is -2.07. The summed E-state index contributed by atoms with van der Waals surface area (Å²) in [4.78, 5) is 18.4. The molecule has 0 spiro atoms. The number of aromatic nitrogens is 3. The third-order valence-electron chi connectivity index (χ3n) is 2.85. The van der Waals surface area contributed by atoms with Crippen molar-refractivity contribution in [3.05, 3.63) is 47.5 Å². The highest BCUT2D eigenvalue weighted by atomic mass is 19.1. The molecule has 100 valence electrons. The quantitative estimate of drug-likeness (QED) is 0.686. The van der Waals surface area contributed by atoms with Gasteiger partial charge in [-0.25, -0.2) is 9.37 Å². The Balaban J connectivity index is 2.05. The highest BCUT2D eigenvalue weighted by molar-refractivity contribution is 5.80. The van der Waals surface area contributed by atoms with E-state index >= 15 is 0 Å². The summed E-state index contributed by atoms with van der Waals surface area (Å²) in [6, 6.07) is 5.52. The Bertz CT molecular complexity index is 800. The number of halogens is 1. The summed E-state index contributed by atoms with van der Waals surface area (Å²) in [7, 11) is 1.81. The van der Waals surface area contributed by atoms with Gasteiger partial charge >= 0.3 is 0 Å². The van der Waals surface area contributed by atoms with Crippen LogP contribution in [0.4, 0.5) is 10.1 Å². The van der Waals surface area contributed by atoms with E-state index in [1.807, 2.05) is 13.2 Å². The molecule has 0 unspecified atom stereocenters. The number of hydrogen-bond donors (Lipinski definition) is 0. The van der Waals surface area contributed by atoms with Crippen LogP contribution in [0.3, 0.4) is 0 Å². The number of benzene rings is 1. The number of nitrogens with zero attached hydrogens (tertiary/aromatic N) is 4. The molecule has 0 saturated carbocycles. The maximum absolute atomic E-state index is 13.8. The minimum absolute atomic E-state index is 0.00144. The van der Waals surface area contributed by atoms with Crippen molar-refractivity contribution < 1.29 is 9.13 Å². The molecule has 0 saturated heterocycles. The standard InChI is InChI=1S/C13H9FN4O2/c1-18-5-4-10-12(18)13(16-7-15-10)20-11-3-2-8(17-19)6-9(11)14/h2-7H,1H3. The molecule has 0 atom stereocenters. The van der Waals surface area contributed by atoms with E-state index < -0.39 is 5.82 Å². The van der Waals surface area contributed by atoms with Crippen LogP contribution in [-0.4, -0.2) is 14.5 Å². The molecule has 0 aliphatic heterocycles. The van der Waals surface area contributed by atoms with Crippen molar-refractivity contribution in [3.63, 3.8) is 0 Å². The monoisotopic (exact) mass is 272 g/mol. The van der Waals surface area contributed by atoms with E-state index in [4.69, 9.17) is 4.74 Å². The highest BCUT2D eigenvalue weighted by Crippen LogP contribution is 2.30. The summed E-state index contributed by atoms with van der Waals surface area (Å²) < 4.78 is 21.0. The Morgan fingerprint density at radius 2 is 2.15 bits per heavy atom. The van der Waals surface area contributed by atoms with Crippen LogP contribution >= 0.6 is 0 Å². The van der Waals surface area contributed by atoms with Gasteiger partial charge < -0.3 is 9.30 Å². The molecule has 0 aliphatic carbocycles. The first-order valence-electron chi connectivity index (χ1n) is 5.76. The predicted molar refractivity (Wildman–Crippen MR) is 70.4 cm³/mol. The minimum Gasteiger partial charge on any atom is -0.434 e. The Morgan fingerprint density at radius 3 is 2.90 bits per heavy atom. The maximum Gasteiger partial charge on any atom is 0.247 e. The second-order valence-electron chi connectivity index (χ2n) is 4.15. The average Bonchev–Trinajstić information content (AvgIpc) is 2.84. The lowest BCUT2D eigenvalue weighted by Crippen LogP contribution is -1.95. The summed E-state index contributed by atoms with van der Waals surface area (Å²) in [6.07, 6.45) is 3.15. The maximum atomic E-state index is 13.8. The van der Waals surface area contributed by atoms with Gasteiger partial charge in [-0.2, -0.15) is 4.98 Å². The number of ether oxygens (including phenoxy) is 1. The SMILES string of the molecule is Cn1ccc2ncnc(Oc3ccc(N=O)cc3F)c21. The van der Waals surface area contributed by atoms with E-state index in [-0.39, 0.29) is 17.3 Å². The lowest BCUT2D eigenvalue weighted by atomic mass is 10.3. The van der Waals surface area contributed by atoms with E-state index in [0.717, 1.165) is 6.07 Å². The molecule has 0 radical (unpaired) electrons. The van der Waals surface area contributed by atoms with Gasteiger partial charge in [-0.15, -0.1) is 4.91 Å². The van der Waals surface area contributed by atoms with Crippen LogP contribution in [0.15, 0.2) is 42.0 Å². The van der Waals surface area contributed by atoms with Crippen molar-refractivity contribution >= 4 is 16.7 Å². The summed E-state index contributed by atoms with van der Waals surface area (Å²) in [5.74, 6) is -0.463. The van der Waals surface area contributed by atoms with Crippen molar-refractivity contribution in [3.8, 4) is 11.6 Å². The fourth-order valence-electron chi connectivity index (χ4n) is 1.89. The largest absolute Gasteiger partial charge is 0.434 e. The number of nitroso groups, excluding NO2 is 1. The Labute approximate surface area is 112 Å². The molecule has 20 heavy (non-hydrogen) atoms. The van der Waals surface area contributed by atoms with Gasteiger partial charge in [0.15, 0.2) is 11.6 Å². The predicted octanol–water partition coefficient (Wildman–Crippen LogP) is 3.30. The van der Waals surface area contributed by atoms with Crippen LogP contribution in [0.2, 0.25) is 0 Å². The van der Waals surface area contributed by atoms with Crippen molar-refractivity contribution in [2.45, 2.75) is 0 Å². The summed E-state index contributed by atoms with van der Waals surface area (Å²) in [6.45, 7) is 0. The molecule has 0 aliphatic rings. The molecule has 0 bridgehead atoms. The topological polar surface area (TPSA) is 69.4 Å². The van der Waals surface area contributed by atoms with Gasteiger partial charge in [-0.05, 0) is 23.4 Å². The van der Waals surface area contributed by atoms with E-state index in [1.54, 1.807) is 10.6 Å². The van der Waals surface area contributed by atoms with Gasteiger partial charge in [0.1, 0.15) is 17.5 Å². The van der Waals surface area contributed by atoms with E-state index in [2.05, 4.69) is 15.1 Å². The average molecular weight is 272 g/mol. The van der Waals surface area contributed by atoms with E-state index in [9.17, 15) is 9.30 Å². The zero-order valence-electron chi connectivity index (χ0n) is 10.4. The molecule has 0 N–H and O–H groups in total. The number of rotatable bonds is 3. The number of hydrogen-bond acceptors (Lipinski definition) is 5. The highest BCUT2D eigenvalue weighted by Gasteiger charge is 2.12. The summed E-state index contributed by atoms with van der Waals surface area (Å²) >= 11 is 0. The zero-order valence-corrected chi connectivity index (χ0v) is 10.4. The first kappa shape index (κ1) is 12.2. The second kappa shape index (κ2) is 4.69. The normalized spacial score (nSPS) is 10.7. The first-order valence-corrected chi connectivity index (χ1v) is 5.76. The number of fused-ring (bicyclic) bond motifs is 1. The van der Waals surface area contributed by atoms with Crippen LogP contribution in [-0.2, 0) is 7.05 Å². The van der Waals surface area contributed by atoms with Gasteiger partial charge in [-0.3, -0.25) is 0 Å². The minimum atomic E-state index is -0.678. The fourth-order valence-corrected chi connectivity index (χ4v) is 1.89. The van der Waals surface area contributed by atoms with Crippen molar-refractivity contribution in [1.29, 1.82) is 0 Å². The van der Waals surface area contributed by atoms with E-state index in [0.29, 0.717) is 11.0 Å². The molecule has 0 fully saturated rings. The van der Waals surface area contributed by atoms with Gasteiger partial charge in [0.2, 0.25) is 5.88 Å². The molecule has 7 heteroatoms. The Kier molecular flexibility index (Phi) is 2.86. The van der Waals surface area contributed by atoms with Gasteiger partial charge in [-0.1, -0.05) is 0 Å². The Morgan fingerprint density at radius 1 is 1.30 bits per heavy atom. The Hall–Kier alpha value is -2.83. The molecule has 0 amide bonds. The smallest absolute Gasteiger partial charge is 0.247 e. The molecular formula is C13H9FN4O2. The third-order valence-corrected chi connectivity index (χ3v) is 2.85. The van der Waals surface area contributed by atoms with Crippen LogP contribution in [0, 0.1) is 10.7 Å². The first-order chi connectivity index (χ1) is 9.69. The van der Waals surface area contributed by atoms with Crippen LogP contribution in [0.5, 0.6) is 11.6 Å². The summed E-state index contributed by atoms with van der Waals surface area (Å²) in [5.41, 5.74) is 1.36. The molecule has 2 aromatic heterocycles. The van der Waals surface area contributed by atoms with Crippen LogP contribution < -0.4 is 4.74 Å². The summed E-state index contributed by atoms with van der Waals surface area (Å²) in [5, 5.41) is 2.66. The van der Waals surface area contributed by atoms with Crippen LogP contribution in [0.25, 0.3) is 11.0 Å². The molecule has 1 aromatic carbocycles. The number of aryl methyl sites for hydroxylation is 1. The van der Waals surface area contributed by atoms with Crippen LogP contribution in [0.1, 0.15) is 0 Å². The van der Waals surface area contributed by atoms with Crippen molar-refractivity contribution in [2.75, 3.05) is 0 Å². The molecule has 6 nitrogen and oxygen atoms in total. The second-order valence-corrected chi connectivity index (χ2v) is 4.15. The fraction of sp³-hybridized carbons (Fsp3) is 0.0769. The third kappa shape index (κ3) is 1.99. The lowest BCUT2D eigenvalue weighted by molar-refractivity contribution is 0.430. The zero-order chi connectivity index (χ0) is 14.1. The van der Waals surface area contributed by atoms with Gasteiger partial charge in [0, 0.05) is 19.3 Å². The molecule has 3 aromatic rings. The molecule has 2 heterocycles. The van der Waals surface area contributed by atoms with Crippen molar-refractivity contribution in [2.24, 2.45) is 12.2 Å². The molecular weight excluding hydrogens is 263 g/mol. The van der Waals surface area contributed by atoms with E-state index in [1.165, 1.54) is 18.5 Å². The van der Waals surface area contributed by atoms with Crippen molar-refractivity contribution in [1.82, 2.24) is 14.5 Å². The molecule has 3 rings (SSSR count). The van der Waals surface area contributed by atoms with Gasteiger partial charge in [0.05, 0.1) is 5.52 Å². The van der Waals surface area contributed by atoms with Gasteiger partial charge in [0.25, 0.3) is 0 Å².